The summed E-state index contributed by atoms with van der Waals surface area (Å²) in [7, 11) is 0. The average molecular weight is 390 g/mol. The van der Waals surface area contributed by atoms with Crippen molar-refractivity contribution < 1.29 is 0 Å². The largest absolute Gasteiger partial charge is 0.369 e. The summed E-state index contributed by atoms with van der Waals surface area (Å²) < 4.78 is 0. The van der Waals surface area contributed by atoms with E-state index in [2.05, 4.69) is 44.4 Å². The molecule has 0 amide bonds. The standard InChI is InChI=1S/C19H20ClN3S2/c20-15-2-1-3-16(12-15)23-10-8-22(9-11-23)7-6-17-4-5-19(25-17)18-13-24-14-21-18/h1-5,12-14H,6-11H2. The monoisotopic (exact) mass is 389 g/mol. The number of hydrogen-bond acceptors (Lipinski definition) is 5. The van der Waals surface area contributed by atoms with E-state index in [-0.39, 0.29) is 0 Å². The van der Waals surface area contributed by atoms with E-state index < -0.39 is 0 Å². The van der Waals surface area contributed by atoms with Gasteiger partial charge in [0.15, 0.2) is 0 Å². The summed E-state index contributed by atoms with van der Waals surface area (Å²) in [6.07, 6.45) is 1.12. The summed E-state index contributed by atoms with van der Waals surface area (Å²) in [5.41, 5.74) is 4.24. The van der Waals surface area contributed by atoms with Gasteiger partial charge in [0.05, 0.1) is 16.1 Å². The van der Waals surface area contributed by atoms with Crippen molar-refractivity contribution in [3.05, 3.63) is 57.2 Å². The second kappa shape index (κ2) is 7.87. The number of halogens is 1. The van der Waals surface area contributed by atoms with Gasteiger partial charge < -0.3 is 4.90 Å². The van der Waals surface area contributed by atoms with Crippen molar-refractivity contribution in [2.75, 3.05) is 37.6 Å². The van der Waals surface area contributed by atoms with Crippen molar-refractivity contribution in [1.82, 2.24) is 9.88 Å². The predicted octanol–water partition coefficient (Wildman–Crippen LogP) is 4.89. The van der Waals surface area contributed by atoms with Crippen LogP contribution in [0.15, 0.2) is 47.3 Å². The van der Waals surface area contributed by atoms with E-state index in [4.69, 9.17) is 11.6 Å². The maximum Gasteiger partial charge on any atom is 0.0910 e. The van der Waals surface area contributed by atoms with Crippen LogP contribution in [0.4, 0.5) is 5.69 Å². The third-order valence-corrected chi connectivity index (χ3v) is 6.56. The molecule has 0 N–H and O–H groups in total. The zero-order valence-corrected chi connectivity index (χ0v) is 16.3. The summed E-state index contributed by atoms with van der Waals surface area (Å²) in [4.78, 5) is 12.1. The Kier molecular flexibility index (Phi) is 5.36. The van der Waals surface area contributed by atoms with Crippen LogP contribution < -0.4 is 4.90 Å². The second-order valence-corrected chi connectivity index (χ2v) is 8.52. The van der Waals surface area contributed by atoms with Crippen LogP contribution in [0, 0.1) is 0 Å². The van der Waals surface area contributed by atoms with Crippen LogP contribution in [0.1, 0.15) is 4.88 Å². The van der Waals surface area contributed by atoms with Crippen LogP contribution in [-0.2, 0) is 6.42 Å². The first-order valence-corrected chi connectivity index (χ1v) is 10.6. The molecule has 0 atom stereocenters. The SMILES string of the molecule is Clc1cccc(N2CCN(CCc3ccc(-c4cscn4)s3)CC2)c1. The van der Waals surface area contributed by atoms with Gasteiger partial charge in [-0.2, -0.15) is 0 Å². The fourth-order valence-electron chi connectivity index (χ4n) is 3.15. The number of thiazole rings is 1. The maximum absolute atomic E-state index is 6.11. The smallest absolute Gasteiger partial charge is 0.0910 e. The lowest BCUT2D eigenvalue weighted by Gasteiger charge is -2.36. The van der Waals surface area contributed by atoms with Gasteiger partial charge in [-0.25, -0.2) is 4.98 Å². The molecule has 130 valence electrons. The number of aromatic nitrogens is 1. The Labute approximate surface area is 161 Å². The molecular formula is C19H20ClN3S2. The predicted molar refractivity (Wildman–Crippen MR) is 109 cm³/mol. The Balaban J connectivity index is 1.28. The second-order valence-electron chi connectivity index (χ2n) is 6.20. The molecule has 2 aromatic heterocycles. The molecule has 0 spiro atoms. The maximum atomic E-state index is 6.11. The summed E-state index contributed by atoms with van der Waals surface area (Å²) in [5, 5.41) is 2.93. The van der Waals surface area contributed by atoms with E-state index in [0.717, 1.165) is 49.9 Å². The number of hydrogen-bond donors (Lipinski definition) is 0. The van der Waals surface area contributed by atoms with Crippen molar-refractivity contribution >= 4 is 40.0 Å². The van der Waals surface area contributed by atoms with Gasteiger partial charge in [0.2, 0.25) is 0 Å². The molecule has 0 bridgehead atoms. The molecule has 3 nitrogen and oxygen atoms in total. The Hall–Kier alpha value is -1.40. The minimum Gasteiger partial charge on any atom is -0.369 e. The number of nitrogens with zero attached hydrogens (tertiary/aromatic N) is 3. The summed E-state index contributed by atoms with van der Waals surface area (Å²) in [6, 6.07) is 12.6. The van der Waals surface area contributed by atoms with Crippen LogP contribution in [0.25, 0.3) is 10.6 Å². The number of piperazine rings is 1. The molecule has 0 radical (unpaired) electrons. The van der Waals surface area contributed by atoms with Gasteiger partial charge in [0, 0.05) is 53.7 Å². The molecular weight excluding hydrogens is 370 g/mol. The van der Waals surface area contributed by atoms with Gasteiger partial charge in [-0.05, 0) is 36.8 Å². The van der Waals surface area contributed by atoms with E-state index in [1.165, 1.54) is 15.4 Å². The van der Waals surface area contributed by atoms with Crippen LogP contribution >= 0.6 is 34.3 Å². The molecule has 1 saturated heterocycles. The van der Waals surface area contributed by atoms with Crippen molar-refractivity contribution in [1.29, 1.82) is 0 Å². The van der Waals surface area contributed by atoms with Crippen LogP contribution in [0.2, 0.25) is 5.02 Å². The molecule has 3 heterocycles. The molecule has 4 rings (SSSR count). The molecule has 1 fully saturated rings. The average Bonchev–Trinajstić information content (AvgIpc) is 3.32. The molecule has 3 aromatic rings. The minimum absolute atomic E-state index is 0.813. The number of benzene rings is 1. The fraction of sp³-hybridized carbons (Fsp3) is 0.316. The number of thiophene rings is 1. The molecule has 0 saturated carbocycles. The highest BCUT2D eigenvalue weighted by Crippen LogP contribution is 2.28. The van der Waals surface area contributed by atoms with E-state index in [1.54, 1.807) is 11.3 Å². The molecule has 0 aliphatic carbocycles. The molecule has 1 aliphatic heterocycles. The Morgan fingerprint density at radius 2 is 1.96 bits per heavy atom. The number of rotatable bonds is 5. The highest BCUT2D eigenvalue weighted by Gasteiger charge is 2.17. The van der Waals surface area contributed by atoms with Crippen LogP contribution in [-0.4, -0.2) is 42.6 Å². The normalized spacial score (nSPS) is 15.6. The third-order valence-electron chi connectivity index (χ3n) is 4.57. The Morgan fingerprint density at radius 3 is 2.72 bits per heavy atom. The quantitative estimate of drug-likeness (QED) is 0.619. The Morgan fingerprint density at radius 1 is 1.08 bits per heavy atom. The minimum atomic E-state index is 0.813. The van der Waals surface area contributed by atoms with E-state index in [9.17, 15) is 0 Å². The van der Waals surface area contributed by atoms with Gasteiger partial charge >= 0.3 is 0 Å². The molecule has 6 heteroatoms. The highest BCUT2D eigenvalue weighted by atomic mass is 35.5. The first-order chi connectivity index (χ1) is 12.3. The van der Waals surface area contributed by atoms with Gasteiger partial charge in [0.25, 0.3) is 0 Å². The van der Waals surface area contributed by atoms with Crippen molar-refractivity contribution in [2.45, 2.75) is 6.42 Å². The van der Waals surface area contributed by atoms with Gasteiger partial charge in [-0.15, -0.1) is 22.7 Å². The first kappa shape index (κ1) is 17.0. The van der Waals surface area contributed by atoms with Gasteiger partial charge in [0.1, 0.15) is 0 Å². The zero-order chi connectivity index (χ0) is 17.1. The van der Waals surface area contributed by atoms with Crippen LogP contribution in [0.3, 0.4) is 0 Å². The van der Waals surface area contributed by atoms with Gasteiger partial charge in [-0.3, -0.25) is 4.90 Å². The first-order valence-electron chi connectivity index (χ1n) is 8.48. The topological polar surface area (TPSA) is 19.4 Å². The zero-order valence-electron chi connectivity index (χ0n) is 13.9. The van der Waals surface area contributed by atoms with Crippen LogP contribution in [0.5, 0.6) is 0 Å². The Bertz CT molecular complexity index is 808. The molecule has 0 unspecified atom stereocenters. The highest BCUT2D eigenvalue weighted by molar-refractivity contribution is 7.16. The lowest BCUT2D eigenvalue weighted by atomic mass is 10.2. The number of anilines is 1. The van der Waals surface area contributed by atoms with Crippen molar-refractivity contribution in [3.63, 3.8) is 0 Å². The molecule has 1 aromatic carbocycles. The fourth-order valence-corrected chi connectivity index (χ4v) is 4.93. The van der Waals surface area contributed by atoms with E-state index in [1.807, 2.05) is 29.0 Å². The van der Waals surface area contributed by atoms with E-state index in [0.29, 0.717) is 0 Å². The summed E-state index contributed by atoms with van der Waals surface area (Å²) >= 11 is 9.63. The van der Waals surface area contributed by atoms with Gasteiger partial charge in [-0.1, -0.05) is 17.7 Å². The lowest BCUT2D eigenvalue weighted by Crippen LogP contribution is -2.46. The van der Waals surface area contributed by atoms with Crippen molar-refractivity contribution in [3.8, 4) is 10.6 Å². The molecule has 25 heavy (non-hydrogen) atoms. The summed E-state index contributed by atoms with van der Waals surface area (Å²) in [6.45, 7) is 5.47. The summed E-state index contributed by atoms with van der Waals surface area (Å²) in [5.74, 6) is 0. The third kappa shape index (κ3) is 4.23. The van der Waals surface area contributed by atoms with E-state index >= 15 is 0 Å². The molecule has 1 aliphatic rings. The van der Waals surface area contributed by atoms with Crippen molar-refractivity contribution in [2.24, 2.45) is 0 Å². The lowest BCUT2D eigenvalue weighted by molar-refractivity contribution is 0.261.